The third-order valence-corrected chi connectivity index (χ3v) is 9.58. The van der Waals surface area contributed by atoms with Gasteiger partial charge in [0.05, 0.1) is 25.3 Å². The lowest BCUT2D eigenvalue weighted by Crippen LogP contribution is -2.54. The van der Waals surface area contributed by atoms with Crippen LogP contribution in [0.15, 0.2) is 35.1 Å². The summed E-state index contributed by atoms with van der Waals surface area (Å²) in [6, 6.07) is 9.71. The van der Waals surface area contributed by atoms with Crippen LogP contribution in [0.3, 0.4) is 0 Å². The largest absolute Gasteiger partial charge is 0.453 e. The van der Waals surface area contributed by atoms with Gasteiger partial charge in [-0.1, -0.05) is 18.2 Å². The van der Waals surface area contributed by atoms with E-state index in [9.17, 15) is 24.3 Å². The molecule has 246 valence electrons. The zero-order valence-corrected chi connectivity index (χ0v) is 26.9. The van der Waals surface area contributed by atoms with Crippen molar-refractivity contribution < 1.29 is 24.2 Å². The molecule has 5 atom stereocenters. The molecule has 0 aliphatic carbocycles. The third-order valence-electron chi connectivity index (χ3n) is 9.58. The van der Waals surface area contributed by atoms with Crippen LogP contribution in [-0.2, 0) is 9.53 Å². The number of aliphatic hydroxyl groups excluding tert-OH is 1. The molecule has 3 aliphatic heterocycles. The molecule has 3 saturated heterocycles. The molecule has 2 bridgehead atoms. The molecular weight excluding hydrogens is 576 g/mol. The number of para-hydroxylation sites is 1. The molecule has 1 aromatic heterocycles. The standard InChI is InChI=1S/C33H48N6O6/c1-21(2)39-30-8-6-5-7-23(30)15-29(32(39)43)31(42)35-25-16-26-9-10-27(17-25)38(26)20-28(41)19-37(33(44)45-4)14-13-36-12-11-24(18-36)34-22(3)40/h5-8,15,21,24-28,41H,9-14,16-20H2,1-4H3,(H,34,40)(H,35,42)/t24?,25-,26-,27+,28?. The molecule has 0 radical (unpaired) electrons. The number of piperidine rings is 1. The highest BCUT2D eigenvalue weighted by atomic mass is 16.5. The first-order valence-electron chi connectivity index (χ1n) is 16.2. The molecule has 3 fully saturated rings. The molecule has 12 heteroatoms. The summed E-state index contributed by atoms with van der Waals surface area (Å²) >= 11 is 0. The first-order valence-corrected chi connectivity index (χ1v) is 16.2. The van der Waals surface area contributed by atoms with E-state index in [1.165, 1.54) is 14.0 Å². The van der Waals surface area contributed by atoms with Gasteiger partial charge in [0.25, 0.3) is 11.5 Å². The lowest BCUT2D eigenvalue weighted by atomic mass is 9.96. The Morgan fingerprint density at radius 3 is 2.44 bits per heavy atom. The first kappa shape index (κ1) is 32.9. The molecule has 45 heavy (non-hydrogen) atoms. The van der Waals surface area contributed by atoms with Crippen molar-refractivity contribution in [2.75, 3.05) is 46.4 Å². The summed E-state index contributed by atoms with van der Waals surface area (Å²) in [7, 11) is 1.35. The number of pyridine rings is 1. The van der Waals surface area contributed by atoms with E-state index in [0.717, 1.165) is 56.1 Å². The van der Waals surface area contributed by atoms with Crippen molar-refractivity contribution in [3.63, 3.8) is 0 Å². The van der Waals surface area contributed by atoms with Crippen LogP contribution in [0.25, 0.3) is 10.9 Å². The van der Waals surface area contributed by atoms with E-state index >= 15 is 0 Å². The molecular formula is C33H48N6O6. The van der Waals surface area contributed by atoms with Gasteiger partial charge in [-0.15, -0.1) is 0 Å². The second kappa shape index (κ2) is 14.3. The molecule has 3 amide bonds. The number of nitrogens with one attached hydrogen (secondary N) is 2. The number of amides is 3. The zero-order chi connectivity index (χ0) is 32.2. The number of aromatic nitrogens is 1. The maximum Gasteiger partial charge on any atom is 0.409 e. The van der Waals surface area contributed by atoms with Crippen LogP contribution in [0, 0.1) is 0 Å². The minimum Gasteiger partial charge on any atom is -0.453 e. The van der Waals surface area contributed by atoms with Crippen molar-refractivity contribution in [1.29, 1.82) is 0 Å². The fourth-order valence-corrected chi connectivity index (χ4v) is 7.56. The van der Waals surface area contributed by atoms with Gasteiger partial charge in [0.15, 0.2) is 0 Å². The van der Waals surface area contributed by atoms with Gasteiger partial charge in [-0.3, -0.25) is 24.2 Å². The Balaban J connectivity index is 1.16. The second-order valence-corrected chi connectivity index (χ2v) is 13.2. The quantitative estimate of drug-likeness (QED) is 0.345. The summed E-state index contributed by atoms with van der Waals surface area (Å²) in [6.07, 6.45) is 3.09. The van der Waals surface area contributed by atoms with Crippen molar-refractivity contribution in [3.8, 4) is 0 Å². The number of carbonyl (C=O) groups is 3. The van der Waals surface area contributed by atoms with Gasteiger partial charge in [0, 0.05) is 69.9 Å². The van der Waals surface area contributed by atoms with E-state index in [2.05, 4.69) is 20.4 Å². The Kier molecular flexibility index (Phi) is 10.5. The minimum atomic E-state index is -0.754. The number of likely N-dealkylation sites (tertiary alicyclic amines) is 1. The minimum absolute atomic E-state index is 0.0395. The van der Waals surface area contributed by atoms with Crippen LogP contribution < -0.4 is 16.2 Å². The SMILES string of the molecule is COC(=O)N(CCN1CCC(NC(C)=O)C1)CC(O)CN1[C@@H]2CC[C@H]1C[C@H](NC(=O)c1cc3ccccc3n(C(C)C)c1=O)C2. The molecule has 3 aliphatic rings. The van der Waals surface area contributed by atoms with E-state index in [-0.39, 0.29) is 59.7 Å². The fraction of sp³-hybridized carbons (Fsp3) is 0.636. The second-order valence-electron chi connectivity index (χ2n) is 13.2. The number of ether oxygens (including phenoxy) is 1. The first-order chi connectivity index (χ1) is 21.5. The van der Waals surface area contributed by atoms with Crippen LogP contribution >= 0.6 is 0 Å². The summed E-state index contributed by atoms with van der Waals surface area (Å²) in [5.41, 5.74) is 0.698. The smallest absolute Gasteiger partial charge is 0.409 e. The number of methoxy groups -OCH3 is 1. The Morgan fingerprint density at radius 1 is 1.07 bits per heavy atom. The molecule has 4 heterocycles. The Labute approximate surface area is 264 Å². The highest BCUT2D eigenvalue weighted by Gasteiger charge is 2.42. The number of benzene rings is 1. The van der Waals surface area contributed by atoms with Gasteiger partial charge in [0.2, 0.25) is 5.91 Å². The lowest BCUT2D eigenvalue weighted by molar-refractivity contribution is -0.119. The number of nitrogens with zero attached hydrogens (tertiary/aromatic N) is 4. The van der Waals surface area contributed by atoms with Crippen molar-refractivity contribution in [1.82, 2.24) is 29.9 Å². The van der Waals surface area contributed by atoms with Gasteiger partial charge < -0.3 is 29.9 Å². The highest BCUT2D eigenvalue weighted by Crippen LogP contribution is 2.36. The molecule has 2 unspecified atom stereocenters. The average Bonchev–Trinajstić information content (AvgIpc) is 3.52. The Bertz CT molecular complexity index is 1430. The summed E-state index contributed by atoms with van der Waals surface area (Å²) in [5.74, 6) is -0.379. The number of fused-ring (bicyclic) bond motifs is 3. The Morgan fingerprint density at radius 2 is 1.78 bits per heavy atom. The van der Waals surface area contributed by atoms with Gasteiger partial charge in [0.1, 0.15) is 5.56 Å². The number of rotatable bonds is 11. The van der Waals surface area contributed by atoms with Crippen LogP contribution in [0.5, 0.6) is 0 Å². The van der Waals surface area contributed by atoms with Gasteiger partial charge in [-0.25, -0.2) is 4.79 Å². The fourth-order valence-electron chi connectivity index (χ4n) is 7.56. The molecule has 1 aromatic carbocycles. The Hall–Kier alpha value is -3.48. The molecule has 3 N–H and O–H groups in total. The monoisotopic (exact) mass is 624 g/mol. The highest BCUT2D eigenvalue weighted by molar-refractivity contribution is 5.97. The van der Waals surface area contributed by atoms with Gasteiger partial charge in [-0.2, -0.15) is 0 Å². The van der Waals surface area contributed by atoms with Crippen LogP contribution in [-0.4, -0.2) is 119 Å². The lowest BCUT2D eigenvalue weighted by Gasteiger charge is -2.40. The maximum atomic E-state index is 13.4. The van der Waals surface area contributed by atoms with Crippen molar-refractivity contribution in [2.45, 2.75) is 89.2 Å². The van der Waals surface area contributed by atoms with Crippen LogP contribution in [0.2, 0.25) is 0 Å². The van der Waals surface area contributed by atoms with Crippen LogP contribution in [0.1, 0.15) is 69.3 Å². The zero-order valence-electron chi connectivity index (χ0n) is 26.9. The topological polar surface area (TPSA) is 136 Å². The summed E-state index contributed by atoms with van der Waals surface area (Å²) in [5, 5.41) is 18.1. The maximum absolute atomic E-state index is 13.4. The van der Waals surface area contributed by atoms with E-state index in [1.54, 1.807) is 15.5 Å². The summed E-state index contributed by atoms with van der Waals surface area (Å²) < 4.78 is 6.69. The van der Waals surface area contributed by atoms with Gasteiger partial charge in [-0.05, 0) is 63.5 Å². The number of carbonyl (C=O) groups excluding carboxylic acids is 3. The third kappa shape index (κ3) is 7.67. The molecule has 0 spiro atoms. The normalized spacial score (nSPS) is 24.1. The molecule has 12 nitrogen and oxygen atoms in total. The van der Waals surface area contributed by atoms with Crippen molar-refractivity contribution in [3.05, 3.63) is 46.2 Å². The van der Waals surface area contributed by atoms with Crippen molar-refractivity contribution in [2.24, 2.45) is 0 Å². The average molecular weight is 625 g/mol. The predicted octanol–water partition coefficient (Wildman–Crippen LogP) is 1.95. The molecule has 5 rings (SSSR count). The van der Waals surface area contributed by atoms with E-state index in [4.69, 9.17) is 4.74 Å². The van der Waals surface area contributed by atoms with Crippen molar-refractivity contribution >= 4 is 28.8 Å². The number of hydrogen-bond acceptors (Lipinski definition) is 8. The van der Waals surface area contributed by atoms with E-state index in [1.807, 2.05) is 38.1 Å². The number of hydrogen-bond donors (Lipinski definition) is 3. The molecule has 2 aromatic rings. The summed E-state index contributed by atoms with van der Waals surface area (Å²) in [4.78, 5) is 56.8. The number of aliphatic hydroxyl groups is 1. The van der Waals surface area contributed by atoms with E-state index < -0.39 is 12.2 Å². The molecule has 0 saturated carbocycles. The van der Waals surface area contributed by atoms with Gasteiger partial charge >= 0.3 is 6.09 Å². The van der Waals surface area contributed by atoms with E-state index in [0.29, 0.717) is 19.6 Å². The predicted molar refractivity (Wildman–Crippen MR) is 171 cm³/mol. The summed E-state index contributed by atoms with van der Waals surface area (Å²) in [6.45, 7) is 8.63. The van der Waals surface area contributed by atoms with Crippen LogP contribution in [0.4, 0.5) is 4.79 Å².